The van der Waals surface area contributed by atoms with Crippen LogP contribution in [0.15, 0.2) is 54.6 Å². The number of ether oxygens (including phenoxy) is 2. The van der Waals surface area contributed by atoms with E-state index in [1.165, 1.54) is 6.07 Å². The summed E-state index contributed by atoms with van der Waals surface area (Å²) in [6.45, 7) is 0.234. The van der Waals surface area contributed by atoms with Gasteiger partial charge in [-0.25, -0.2) is 8.78 Å². The maximum absolute atomic E-state index is 15.5. The van der Waals surface area contributed by atoms with Crippen LogP contribution in [-0.2, 0) is 16.0 Å². The quantitative estimate of drug-likeness (QED) is 0.268. The Hall–Kier alpha value is -3.82. The predicted molar refractivity (Wildman–Crippen MR) is 138 cm³/mol. The van der Waals surface area contributed by atoms with Crippen molar-refractivity contribution < 1.29 is 33.3 Å². The number of rotatable bonds is 9. The van der Waals surface area contributed by atoms with Gasteiger partial charge in [0.2, 0.25) is 0 Å². The molecule has 3 aromatic carbocycles. The van der Waals surface area contributed by atoms with E-state index in [0.29, 0.717) is 31.2 Å². The Morgan fingerprint density at radius 2 is 1.74 bits per heavy atom. The van der Waals surface area contributed by atoms with Crippen molar-refractivity contribution in [3.05, 3.63) is 71.8 Å². The van der Waals surface area contributed by atoms with Crippen LogP contribution in [0.25, 0.3) is 33.3 Å². The molecule has 0 amide bonds. The van der Waals surface area contributed by atoms with Crippen molar-refractivity contribution in [1.29, 1.82) is 0 Å². The van der Waals surface area contributed by atoms with Crippen LogP contribution >= 0.6 is 0 Å². The van der Waals surface area contributed by atoms with Crippen molar-refractivity contribution in [2.24, 2.45) is 0 Å². The molecule has 5 rings (SSSR count). The maximum atomic E-state index is 15.5. The fraction of sp³-hybridized carbons (Fsp3) is 0.310. The number of fused-ring (bicyclic) bond motifs is 1. The average molecular weight is 523 g/mol. The maximum Gasteiger partial charge on any atom is 0.303 e. The number of aliphatic hydroxyl groups excluding tert-OH is 1. The van der Waals surface area contributed by atoms with Gasteiger partial charge >= 0.3 is 5.97 Å². The minimum absolute atomic E-state index is 0.0103. The Balaban J connectivity index is 1.32. The highest BCUT2D eigenvalue weighted by molar-refractivity contribution is 5.84. The molecular weight excluding hydrogens is 494 g/mol. The Bertz CT molecular complexity index is 1410. The van der Waals surface area contributed by atoms with Gasteiger partial charge in [-0.15, -0.1) is 0 Å². The van der Waals surface area contributed by atoms with Gasteiger partial charge in [0.1, 0.15) is 17.4 Å². The van der Waals surface area contributed by atoms with Crippen LogP contribution in [0.1, 0.15) is 31.2 Å². The number of H-pyrrole nitrogens is 1. The summed E-state index contributed by atoms with van der Waals surface area (Å²) in [7, 11) is 0. The number of aryl methyl sites for hydroxylation is 1. The number of benzene rings is 3. The Morgan fingerprint density at radius 1 is 1.05 bits per heavy atom. The molecule has 38 heavy (non-hydrogen) atoms. The lowest BCUT2D eigenvalue weighted by Gasteiger charge is -2.27. The van der Waals surface area contributed by atoms with Gasteiger partial charge in [0.05, 0.1) is 30.4 Å². The number of aromatic nitrogens is 2. The van der Waals surface area contributed by atoms with E-state index < -0.39 is 17.6 Å². The molecular formula is C29H28F2N2O5. The first-order valence-corrected chi connectivity index (χ1v) is 12.6. The third kappa shape index (κ3) is 5.69. The van der Waals surface area contributed by atoms with Crippen LogP contribution in [0.2, 0.25) is 0 Å². The lowest BCUT2D eigenvalue weighted by molar-refractivity contribution is -0.137. The standard InChI is InChI=1S/C29H28F2N2O5/c30-23-14-24-28(33-29(32-24)38-22-13-12-21(15-34)37-16-22)27(31)26(23)20-10-8-19(9-11-20)18-6-4-17(5-7-18)2-1-3-25(35)36/h4-11,14,21-22,34H,1-3,12-13,15-16H2,(H,32,33)(H,35,36)/t21-,22+/m0/s1. The first-order valence-electron chi connectivity index (χ1n) is 12.6. The van der Waals surface area contributed by atoms with Crippen LogP contribution in [0.5, 0.6) is 6.01 Å². The zero-order valence-electron chi connectivity index (χ0n) is 20.6. The first kappa shape index (κ1) is 25.8. The molecule has 9 heteroatoms. The van der Waals surface area contributed by atoms with Crippen LogP contribution in [0, 0.1) is 11.6 Å². The van der Waals surface area contributed by atoms with E-state index >= 15 is 8.78 Å². The topological polar surface area (TPSA) is 105 Å². The number of hydrogen-bond donors (Lipinski definition) is 3. The molecule has 0 saturated carbocycles. The molecule has 0 aliphatic carbocycles. The molecule has 0 unspecified atom stereocenters. The summed E-state index contributed by atoms with van der Waals surface area (Å²) in [5, 5.41) is 18.0. The number of imidazole rings is 1. The number of carboxylic acids is 1. The predicted octanol–water partition coefficient (Wildman–Crippen LogP) is 5.50. The van der Waals surface area contributed by atoms with E-state index in [1.54, 1.807) is 24.3 Å². The van der Waals surface area contributed by atoms with Crippen LogP contribution in [0.3, 0.4) is 0 Å². The van der Waals surface area contributed by atoms with Crippen LogP contribution < -0.4 is 4.74 Å². The SMILES string of the molecule is O=C(O)CCCc1ccc(-c2ccc(-c3c(F)cc4[nH]c(O[C@@H]5CC[C@@H](CO)OC5)nc4c3F)cc2)cc1. The number of nitrogens with one attached hydrogen (secondary N) is 1. The number of aromatic amines is 1. The minimum Gasteiger partial charge on any atom is -0.481 e. The lowest BCUT2D eigenvalue weighted by atomic mass is 9.98. The van der Waals surface area contributed by atoms with Gasteiger partial charge in [-0.1, -0.05) is 48.5 Å². The summed E-state index contributed by atoms with van der Waals surface area (Å²) in [5.74, 6) is -2.29. The third-order valence-electron chi connectivity index (χ3n) is 6.77. The van der Waals surface area contributed by atoms with Crippen LogP contribution in [0.4, 0.5) is 8.78 Å². The summed E-state index contributed by atoms with van der Waals surface area (Å²) in [6.07, 6.45) is 2.19. The molecule has 4 aromatic rings. The van der Waals surface area contributed by atoms with Gasteiger partial charge in [-0.3, -0.25) is 4.79 Å². The molecule has 1 fully saturated rings. The van der Waals surface area contributed by atoms with Crippen molar-refractivity contribution in [3.63, 3.8) is 0 Å². The normalized spacial score (nSPS) is 17.6. The summed E-state index contributed by atoms with van der Waals surface area (Å²) >= 11 is 0. The third-order valence-corrected chi connectivity index (χ3v) is 6.77. The molecule has 0 spiro atoms. The van der Waals surface area contributed by atoms with Gasteiger partial charge in [-0.05, 0) is 47.9 Å². The molecule has 0 radical (unpaired) electrons. The van der Waals surface area contributed by atoms with Gasteiger partial charge in [-0.2, -0.15) is 4.98 Å². The number of aliphatic hydroxyl groups is 1. The van der Waals surface area contributed by atoms with E-state index in [-0.39, 0.29) is 54.4 Å². The second-order valence-corrected chi connectivity index (χ2v) is 9.46. The number of halogens is 2. The number of carboxylic acid groups (broad SMARTS) is 1. The van der Waals surface area contributed by atoms with E-state index in [2.05, 4.69) is 9.97 Å². The molecule has 1 saturated heterocycles. The highest BCUT2D eigenvalue weighted by Crippen LogP contribution is 2.34. The van der Waals surface area contributed by atoms with Gasteiger partial charge < -0.3 is 24.7 Å². The molecule has 7 nitrogen and oxygen atoms in total. The van der Waals surface area contributed by atoms with Crippen molar-refractivity contribution in [1.82, 2.24) is 9.97 Å². The van der Waals surface area contributed by atoms with Crippen molar-refractivity contribution in [3.8, 4) is 28.3 Å². The lowest BCUT2D eigenvalue weighted by Crippen LogP contribution is -2.35. The molecule has 1 aromatic heterocycles. The van der Waals surface area contributed by atoms with Gasteiger partial charge in [0.15, 0.2) is 5.82 Å². The molecule has 1 aliphatic heterocycles. The minimum atomic E-state index is -0.804. The second-order valence-electron chi connectivity index (χ2n) is 9.46. The van der Waals surface area contributed by atoms with E-state index in [9.17, 15) is 9.90 Å². The van der Waals surface area contributed by atoms with E-state index in [1.807, 2.05) is 24.3 Å². The van der Waals surface area contributed by atoms with Gasteiger partial charge in [0.25, 0.3) is 6.01 Å². The van der Waals surface area contributed by atoms with Crippen molar-refractivity contribution >= 4 is 17.0 Å². The zero-order valence-corrected chi connectivity index (χ0v) is 20.6. The molecule has 0 bridgehead atoms. The monoisotopic (exact) mass is 522 g/mol. The highest BCUT2D eigenvalue weighted by atomic mass is 19.1. The number of hydrogen-bond acceptors (Lipinski definition) is 5. The Labute approximate surface area is 218 Å². The Morgan fingerprint density at radius 3 is 2.37 bits per heavy atom. The fourth-order valence-corrected chi connectivity index (χ4v) is 4.69. The summed E-state index contributed by atoms with van der Waals surface area (Å²) in [6, 6.07) is 16.1. The van der Waals surface area contributed by atoms with Crippen molar-refractivity contribution in [2.45, 2.75) is 44.3 Å². The second kappa shape index (κ2) is 11.3. The zero-order chi connectivity index (χ0) is 26.6. The van der Waals surface area contributed by atoms with Crippen LogP contribution in [-0.4, -0.2) is 51.6 Å². The van der Waals surface area contributed by atoms with Crippen molar-refractivity contribution in [2.75, 3.05) is 13.2 Å². The van der Waals surface area contributed by atoms with Gasteiger partial charge in [0, 0.05) is 12.5 Å². The first-order chi connectivity index (χ1) is 18.4. The summed E-state index contributed by atoms with van der Waals surface area (Å²) in [4.78, 5) is 17.7. The average Bonchev–Trinajstić information content (AvgIpc) is 3.32. The Kier molecular flexibility index (Phi) is 7.67. The smallest absolute Gasteiger partial charge is 0.303 e. The van der Waals surface area contributed by atoms with E-state index in [0.717, 1.165) is 16.7 Å². The molecule has 198 valence electrons. The molecule has 2 heterocycles. The summed E-state index contributed by atoms with van der Waals surface area (Å²) in [5.41, 5.74) is 3.30. The number of carbonyl (C=O) groups is 1. The fourth-order valence-electron chi connectivity index (χ4n) is 4.69. The highest BCUT2D eigenvalue weighted by Gasteiger charge is 2.25. The van der Waals surface area contributed by atoms with E-state index in [4.69, 9.17) is 14.6 Å². The number of nitrogens with zero attached hydrogens (tertiary/aromatic N) is 1. The molecule has 2 atom stereocenters. The number of aliphatic carboxylic acids is 1. The summed E-state index contributed by atoms with van der Waals surface area (Å²) < 4.78 is 41.8. The largest absolute Gasteiger partial charge is 0.481 e. The molecule has 3 N–H and O–H groups in total. The molecule has 1 aliphatic rings.